The zero-order valence-electron chi connectivity index (χ0n) is 6.38. The Kier molecular flexibility index (Phi) is 70.5. The van der Waals surface area contributed by atoms with E-state index in [-0.39, 0.29) is 85.4 Å². The molecule has 0 saturated heterocycles. The van der Waals surface area contributed by atoms with Crippen molar-refractivity contribution < 1.29 is 130 Å². The second-order valence-electron chi connectivity index (χ2n) is 0.750. The topological polar surface area (TPSA) is 221 Å². The molecular weight excluding hydrogens is 511 g/mol. The fourth-order valence-corrected chi connectivity index (χ4v) is 0. The van der Waals surface area contributed by atoms with E-state index in [2.05, 4.69) is 0 Å². The van der Waals surface area contributed by atoms with E-state index in [0.29, 0.717) is 0 Å². The summed E-state index contributed by atoms with van der Waals surface area (Å²) < 4.78 is 0. The summed E-state index contributed by atoms with van der Waals surface area (Å²) >= 11 is 0. The number of hydrogen-bond donors (Lipinski definition) is 0. The van der Waals surface area contributed by atoms with Crippen LogP contribution in [0, 0.1) is 79.9 Å². The molecule has 0 saturated carbocycles. The van der Waals surface area contributed by atoms with Crippen LogP contribution in [-0.4, -0.2) is 23.9 Å². The van der Waals surface area contributed by atoms with Crippen molar-refractivity contribution in [2.75, 3.05) is 0 Å². The summed E-state index contributed by atoms with van der Waals surface area (Å²) in [5.74, 6) is 0. The van der Waals surface area contributed by atoms with Crippen molar-refractivity contribution in [1.82, 2.24) is 0 Å². The van der Waals surface area contributed by atoms with Gasteiger partial charge in [-0.3, -0.25) is 0 Å². The third-order valence-electron chi connectivity index (χ3n) is 0. The molecule has 0 amide bonds. The van der Waals surface area contributed by atoms with Gasteiger partial charge >= 0.3 is 79.9 Å². The Labute approximate surface area is 147 Å². The standard InChI is InChI=1S/3CH2O3.2Gd.H2O/c3*2-1(3)4;;;/h3*(H2,2,3,4);;;1H2/q;;;2*+3;/p-6. The van der Waals surface area contributed by atoms with E-state index in [0.717, 1.165) is 0 Å². The Morgan fingerprint density at radius 3 is 0.533 bits per heavy atom. The smallest absolute Gasteiger partial charge is 0.652 e. The van der Waals surface area contributed by atoms with Crippen molar-refractivity contribution in [2.45, 2.75) is 0 Å². The summed E-state index contributed by atoms with van der Waals surface area (Å²) in [5, 5.41) is 50.0. The number of carbonyl (C=O) groups excluding carboxylic acids is 3. The molecule has 0 atom stereocenters. The monoisotopic (exact) mass is 514 g/mol. The van der Waals surface area contributed by atoms with Crippen molar-refractivity contribution in [3.05, 3.63) is 0 Å². The van der Waals surface area contributed by atoms with Gasteiger partial charge in [-0.15, -0.1) is 0 Å². The van der Waals surface area contributed by atoms with Crippen LogP contribution in [0.25, 0.3) is 0 Å². The van der Waals surface area contributed by atoms with Gasteiger partial charge in [-0.25, -0.2) is 0 Å². The van der Waals surface area contributed by atoms with Gasteiger partial charge < -0.3 is 50.5 Å². The van der Waals surface area contributed by atoms with Gasteiger partial charge in [0.05, 0.1) is 0 Å². The van der Waals surface area contributed by atoms with Gasteiger partial charge in [0.15, 0.2) is 0 Å². The van der Waals surface area contributed by atoms with E-state index in [1.807, 2.05) is 0 Å². The van der Waals surface area contributed by atoms with Gasteiger partial charge in [0.1, 0.15) is 0 Å². The van der Waals surface area contributed by atoms with E-state index < -0.39 is 18.5 Å². The quantitative estimate of drug-likeness (QED) is 0.300. The van der Waals surface area contributed by atoms with Crippen molar-refractivity contribution >= 4 is 18.5 Å². The van der Waals surface area contributed by atoms with E-state index >= 15 is 0 Å². The second kappa shape index (κ2) is 29.3. The van der Waals surface area contributed by atoms with Gasteiger partial charge in [-0.2, -0.15) is 0 Å². The molecule has 10 nitrogen and oxygen atoms in total. The first-order valence-electron chi connectivity index (χ1n) is 1.84. The summed E-state index contributed by atoms with van der Waals surface area (Å²) in [7, 11) is 0. The van der Waals surface area contributed by atoms with Crippen molar-refractivity contribution in [3.63, 3.8) is 0 Å². The average Bonchev–Trinajstić information content (AvgIpc) is 1.54. The first-order chi connectivity index (χ1) is 5.20. The first kappa shape index (κ1) is 36.1. The fourth-order valence-electron chi connectivity index (χ4n) is 0. The summed E-state index contributed by atoms with van der Waals surface area (Å²) in [6, 6.07) is 0. The molecule has 0 aromatic heterocycles. The molecule has 0 fully saturated rings. The molecular formula is C3H2Gd2O10. The van der Waals surface area contributed by atoms with Crippen molar-refractivity contribution in [3.8, 4) is 0 Å². The maximum atomic E-state index is 8.33. The van der Waals surface area contributed by atoms with Gasteiger partial charge in [0.2, 0.25) is 0 Å². The molecule has 0 aliphatic rings. The van der Waals surface area contributed by atoms with Gasteiger partial charge in [0, 0.05) is 0 Å². The predicted molar refractivity (Wildman–Crippen MR) is 19.8 cm³/mol. The third-order valence-corrected chi connectivity index (χ3v) is 0. The van der Waals surface area contributed by atoms with E-state index in [9.17, 15) is 0 Å². The predicted octanol–water partition coefficient (Wildman–Crippen LogP) is -8.17. The fraction of sp³-hybridized carbons (Fsp3) is 0. The molecule has 0 aliphatic carbocycles. The molecule has 90 valence electrons. The van der Waals surface area contributed by atoms with Gasteiger partial charge in [-0.1, -0.05) is 0 Å². The van der Waals surface area contributed by atoms with Crippen molar-refractivity contribution in [2.24, 2.45) is 0 Å². The molecule has 2 radical (unpaired) electrons. The van der Waals surface area contributed by atoms with Crippen LogP contribution in [0.5, 0.6) is 0 Å². The Bertz CT molecular complexity index is 116. The van der Waals surface area contributed by atoms with Gasteiger partial charge in [-0.05, 0) is 18.5 Å². The molecule has 0 aliphatic heterocycles. The molecule has 0 rings (SSSR count). The van der Waals surface area contributed by atoms with Gasteiger partial charge in [0.25, 0.3) is 0 Å². The number of rotatable bonds is 0. The van der Waals surface area contributed by atoms with Crippen molar-refractivity contribution in [1.29, 1.82) is 0 Å². The molecule has 0 aromatic rings. The zero-order valence-corrected chi connectivity index (χ0v) is 10.9. The minimum atomic E-state index is -2.33. The van der Waals surface area contributed by atoms with E-state index in [4.69, 9.17) is 45.0 Å². The molecule has 0 heterocycles. The minimum Gasteiger partial charge on any atom is -0.652 e. The summed E-state index contributed by atoms with van der Waals surface area (Å²) in [5.41, 5.74) is 0. The van der Waals surface area contributed by atoms with Crippen LogP contribution in [0.2, 0.25) is 0 Å². The Balaban J connectivity index is -0.0000000184. The number of carbonyl (C=O) groups is 3. The summed E-state index contributed by atoms with van der Waals surface area (Å²) in [6.45, 7) is 0. The SMILES string of the molecule is O.O=C([O-])[O-].O=C([O-])[O-].O=C([O-])[O-].[Gd+3].[Gd+3]. The zero-order chi connectivity index (χ0) is 10.7. The van der Waals surface area contributed by atoms with Crippen LogP contribution in [0.4, 0.5) is 14.4 Å². The van der Waals surface area contributed by atoms with Crippen LogP contribution in [0.1, 0.15) is 0 Å². The Hall–Kier alpha value is 0.419. The average molecular weight is 513 g/mol. The molecule has 2 N–H and O–H groups in total. The Morgan fingerprint density at radius 2 is 0.533 bits per heavy atom. The van der Waals surface area contributed by atoms with Crippen LogP contribution >= 0.6 is 0 Å². The van der Waals surface area contributed by atoms with E-state index in [1.54, 1.807) is 0 Å². The molecule has 0 bridgehead atoms. The number of hydrogen-bond acceptors (Lipinski definition) is 9. The molecule has 0 spiro atoms. The number of carboxylic acid groups (broad SMARTS) is 6. The normalized spacial score (nSPS) is 4.80. The first-order valence-corrected chi connectivity index (χ1v) is 1.84. The van der Waals surface area contributed by atoms with Crippen LogP contribution < -0.4 is 30.6 Å². The summed E-state index contributed by atoms with van der Waals surface area (Å²) in [6.07, 6.45) is -7.00. The Morgan fingerprint density at radius 1 is 0.533 bits per heavy atom. The van der Waals surface area contributed by atoms with E-state index in [1.165, 1.54) is 0 Å². The largest absolute Gasteiger partial charge is 3.00 e. The summed E-state index contributed by atoms with van der Waals surface area (Å²) in [4.78, 5) is 25.0. The third kappa shape index (κ3) is 12600. The maximum Gasteiger partial charge on any atom is 3.00 e. The van der Waals surface area contributed by atoms with Crippen LogP contribution in [-0.2, 0) is 0 Å². The molecule has 0 aromatic carbocycles. The minimum absolute atomic E-state index is 0. The van der Waals surface area contributed by atoms with Crippen LogP contribution in [0.3, 0.4) is 0 Å². The maximum absolute atomic E-state index is 8.33. The molecule has 0 unspecified atom stereocenters. The second-order valence-corrected chi connectivity index (χ2v) is 0.750. The van der Waals surface area contributed by atoms with Crippen LogP contribution in [0.15, 0.2) is 0 Å². The molecule has 15 heavy (non-hydrogen) atoms. The molecule has 12 heteroatoms.